The Kier molecular flexibility index (Phi) is 5.77. The maximum atomic E-state index is 11.1. The average Bonchev–Trinajstić information content (AvgIpc) is 3.00. The van der Waals surface area contributed by atoms with Gasteiger partial charge in [-0.05, 0) is 24.3 Å². The zero-order valence-electron chi connectivity index (χ0n) is 11.7. The summed E-state index contributed by atoms with van der Waals surface area (Å²) in [5.41, 5.74) is 6.55. The van der Waals surface area contributed by atoms with Gasteiger partial charge in [0, 0.05) is 5.56 Å². The van der Waals surface area contributed by atoms with E-state index in [1.54, 1.807) is 11.8 Å². The Morgan fingerprint density at radius 2 is 2.19 bits per heavy atom. The number of methoxy groups -OCH3 is 1. The molecule has 0 aliphatic carbocycles. The number of nitrogens with two attached hydrogens (primary N) is 1. The molecule has 2 N–H and O–H groups in total. The van der Waals surface area contributed by atoms with Crippen LogP contribution in [0.5, 0.6) is 0 Å². The summed E-state index contributed by atoms with van der Waals surface area (Å²) in [6, 6.07) is 9.03. The second-order valence-corrected chi connectivity index (χ2v) is 5.46. The van der Waals surface area contributed by atoms with Crippen LogP contribution in [0.15, 0.2) is 34.9 Å². The van der Waals surface area contributed by atoms with Gasteiger partial charge in [0.1, 0.15) is 6.04 Å². The molecule has 1 aromatic heterocycles. The number of thioether (sulfide) groups is 1. The number of ether oxygens (including phenoxy) is 1. The average molecular weight is 307 g/mol. The Morgan fingerprint density at radius 3 is 2.90 bits per heavy atom. The number of nitrogens with zero attached hydrogens (tertiary/aromatic N) is 2. The molecule has 0 saturated heterocycles. The Labute approximate surface area is 127 Å². The van der Waals surface area contributed by atoms with E-state index in [-0.39, 0.29) is 5.97 Å². The molecule has 0 spiro atoms. The first-order chi connectivity index (χ1) is 10.2. The highest BCUT2D eigenvalue weighted by Gasteiger charge is 2.13. The fourth-order valence-electron chi connectivity index (χ4n) is 1.65. The molecule has 2 aromatic rings. The SMILES string of the molecule is COC(=O)C(N)CCSCc1noc(-c2ccccc2)n1. The van der Waals surface area contributed by atoms with Crippen molar-refractivity contribution in [3.05, 3.63) is 36.2 Å². The minimum Gasteiger partial charge on any atom is -0.468 e. The summed E-state index contributed by atoms with van der Waals surface area (Å²) >= 11 is 1.60. The molecule has 1 heterocycles. The monoisotopic (exact) mass is 307 g/mol. The van der Waals surface area contributed by atoms with Crippen molar-refractivity contribution >= 4 is 17.7 Å². The number of carbonyl (C=O) groups is 1. The van der Waals surface area contributed by atoms with Crippen molar-refractivity contribution in [1.29, 1.82) is 0 Å². The van der Waals surface area contributed by atoms with Gasteiger partial charge in [-0.1, -0.05) is 23.4 Å². The zero-order chi connectivity index (χ0) is 15.1. The van der Waals surface area contributed by atoms with Gasteiger partial charge < -0.3 is 15.0 Å². The van der Waals surface area contributed by atoms with Crippen molar-refractivity contribution in [1.82, 2.24) is 10.1 Å². The molecule has 1 aromatic carbocycles. The summed E-state index contributed by atoms with van der Waals surface area (Å²) in [6.45, 7) is 0. The molecule has 0 bridgehead atoms. The molecule has 7 heteroatoms. The first-order valence-electron chi connectivity index (χ1n) is 6.50. The molecule has 1 atom stereocenters. The van der Waals surface area contributed by atoms with E-state index in [1.165, 1.54) is 7.11 Å². The van der Waals surface area contributed by atoms with Crippen LogP contribution in [0.25, 0.3) is 11.5 Å². The number of aromatic nitrogens is 2. The fraction of sp³-hybridized carbons (Fsp3) is 0.357. The lowest BCUT2D eigenvalue weighted by Crippen LogP contribution is -2.31. The van der Waals surface area contributed by atoms with Crippen LogP contribution in [0.3, 0.4) is 0 Å². The lowest BCUT2D eigenvalue weighted by molar-refractivity contribution is -0.142. The van der Waals surface area contributed by atoms with Gasteiger partial charge in [-0.15, -0.1) is 0 Å². The van der Waals surface area contributed by atoms with Crippen LogP contribution >= 0.6 is 11.8 Å². The van der Waals surface area contributed by atoms with Gasteiger partial charge in [0.05, 0.1) is 12.9 Å². The van der Waals surface area contributed by atoms with Crippen LogP contribution in [0.2, 0.25) is 0 Å². The zero-order valence-corrected chi connectivity index (χ0v) is 12.5. The number of benzene rings is 1. The standard InChI is InChI=1S/C14H17N3O3S/c1-19-14(18)11(15)7-8-21-9-12-16-13(20-17-12)10-5-3-2-4-6-10/h2-6,11H,7-9,15H2,1H3. The third-order valence-corrected chi connectivity index (χ3v) is 3.78. The number of hydrogen-bond donors (Lipinski definition) is 1. The molecule has 0 aliphatic heterocycles. The first kappa shape index (κ1) is 15.5. The highest BCUT2D eigenvalue weighted by molar-refractivity contribution is 7.98. The van der Waals surface area contributed by atoms with Crippen molar-refractivity contribution in [2.75, 3.05) is 12.9 Å². The molecule has 0 saturated carbocycles. The van der Waals surface area contributed by atoms with Crippen LogP contribution in [0.1, 0.15) is 12.2 Å². The van der Waals surface area contributed by atoms with Crippen molar-refractivity contribution < 1.29 is 14.1 Å². The second kappa shape index (κ2) is 7.80. The van der Waals surface area contributed by atoms with Crippen LogP contribution in [-0.4, -0.2) is 35.0 Å². The van der Waals surface area contributed by atoms with Gasteiger partial charge in [-0.3, -0.25) is 4.79 Å². The van der Waals surface area contributed by atoms with Gasteiger partial charge in [0.25, 0.3) is 5.89 Å². The minimum absolute atomic E-state index is 0.387. The predicted octanol–water partition coefficient (Wildman–Crippen LogP) is 1.86. The molecule has 2 rings (SSSR count). The van der Waals surface area contributed by atoms with Crippen LogP contribution in [0.4, 0.5) is 0 Å². The summed E-state index contributed by atoms with van der Waals surface area (Å²) in [7, 11) is 1.33. The van der Waals surface area contributed by atoms with E-state index in [0.29, 0.717) is 23.9 Å². The third-order valence-electron chi connectivity index (χ3n) is 2.80. The molecular formula is C14H17N3O3S. The second-order valence-electron chi connectivity index (χ2n) is 4.35. The van der Waals surface area contributed by atoms with Crippen LogP contribution in [0, 0.1) is 0 Å². The Balaban J connectivity index is 1.77. The van der Waals surface area contributed by atoms with Gasteiger partial charge in [-0.2, -0.15) is 16.7 Å². The molecule has 0 aliphatic rings. The topological polar surface area (TPSA) is 91.2 Å². The van der Waals surface area contributed by atoms with E-state index < -0.39 is 6.04 Å². The normalized spacial score (nSPS) is 12.1. The highest BCUT2D eigenvalue weighted by atomic mass is 32.2. The minimum atomic E-state index is -0.576. The van der Waals surface area contributed by atoms with Crippen molar-refractivity contribution in [2.24, 2.45) is 5.73 Å². The van der Waals surface area contributed by atoms with E-state index in [4.69, 9.17) is 10.3 Å². The van der Waals surface area contributed by atoms with Gasteiger partial charge in [0.15, 0.2) is 5.82 Å². The maximum Gasteiger partial charge on any atom is 0.322 e. The smallest absolute Gasteiger partial charge is 0.322 e. The summed E-state index contributed by atoms with van der Waals surface area (Å²) in [5, 5.41) is 3.93. The largest absolute Gasteiger partial charge is 0.468 e. The van der Waals surface area contributed by atoms with Gasteiger partial charge >= 0.3 is 5.97 Å². The van der Waals surface area contributed by atoms with Crippen LogP contribution < -0.4 is 5.73 Å². The molecule has 6 nitrogen and oxygen atoms in total. The Bertz CT molecular complexity index is 574. The third kappa shape index (κ3) is 4.57. The van der Waals surface area contributed by atoms with E-state index in [0.717, 1.165) is 11.3 Å². The van der Waals surface area contributed by atoms with E-state index in [1.807, 2.05) is 30.3 Å². The first-order valence-corrected chi connectivity index (χ1v) is 7.65. The molecule has 21 heavy (non-hydrogen) atoms. The molecule has 0 fully saturated rings. The highest BCUT2D eigenvalue weighted by Crippen LogP contribution is 2.18. The molecule has 0 radical (unpaired) electrons. The van der Waals surface area contributed by atoms with Crippen molar-refractivity contribution in [2.45, 2.75) is 18.2 Å². The van der Waals surface area contributed by atoms with Crippen molar-refractivity contribution in [3.63, 3.8) is 0 Å². The Hall–Kier alpha value is -1.86. The van der Waals surface area contributed by atoms with Gasteiger partial charge in [0.2, 0.25) is 0 Å². The van der Waals surface area contributed by atoms with E-state index in [2.05, 4.69) is 14.9 Å². The molecular weight excluding hydrogens is 290 g/mol. The molecule has 112 valence electrons. The summed E-state index contributed by atoms with van der Waals surface area (Å²) in [4.78, 5) is 15.5. The Morgan fingerprint density at radius 1 is 1.43 bits per heavy atom. The molecule has 0 amide bonds. The number of carbonyl (C=O) groups excluding carboxylic acids is 1. The predicted molar refractivity (Wildman–Crippen MR) is 80.5 cm³/mol. The van der Waals surface area contributed by atoms with Crippen molar-refractivity contribution in [3.8, 4) is 11.5 Å². The summed E-state index contributed by atoms with van der Waals surface area (Å²) in [5.74, 6) is 2.10. The number of hydrogen-bond acceptors (Lipinski definition) is 7. The summed E-state index contributed by atoms with van der Waals surface area (Å²) in [6.07, 6.45) is 0.556. The van der Waals surface area contributed by atoms with E-state index >= 15 is 0 Å². The van der Waals surface area contributed by atoms with E-state index in [9.17, 15) is 4.79 Å². The molecule has 1 unspecified atom stereocenters. The summed E-state index contributed by atoms with van der Waals surface area (Å²) < 4.78 is 9.78. The number of rotatable bonds is 7. The number of esters is 1. The fourth-order valence-corrected chi connectivity index (χ4v) is 2.52. The maximum absolute atomic E-state index is 11.1. The lowest BCUT2D eigenvalue weighted by atomic mass is 10.2. The van der Waals surface area contributed by atoms with Gasteiger partial charge in [-0.25, -0.2) is 0 Å². The van der Waals surface area contributed by atoms with Crippen LogP contribution in [-0.2, 0) is 15.3 Å². The lowest BCUT2D eigenvalue weighted by Gasteiger charge is -2.07. The quantitative estimate of drug-likeness (QED) is 0.616.